The van der Waals surface area contributed by atoms with Crippen molar-refractivity contribution in [1.82, 2.24) is 10.6 Å². The van der Waals surface area contributed by atoms with Gasteiger partial charge >= 0.3 is 0 Å². The maximum Gasteiger partial charge on any atom is 0.191 e. The van der Waals surface area contributed by atoms with Crippen molar-refractivity contribution in [3.63, 3.8) is 0 Å². The number of nitrogens with zero attached hydrogens (tertiary/aromatic N) is 1. The van der Waals surface area contributed by atoms with E-state index in [1.807, 2.05) is 25.1 Å². The van der Waals surface area contributed by atoms with Crippen LogP contribution < -0.4 is 20.1 Å². The number of hydrogen-bond acceptors (Lipinski definition) is 4. The minimum atomic E-state index is -0.413. The molecular weight excluding hydrogens is 349 g/mol. The molecule has 0 aliphatic rings. The zero-order valence-electron chi connectivity index (χ0n) is 15.9. The third-order valence-corrected chi connectivity index (χ3v) is 3.95. The first-order valence-corrected chi connectivity index (χ1v) is 8.72. The fourth-order valence-electron chi connectivity index (χ4n) is 2.54. The number of nitrogens with one attached hydrogen (secondary N) is 2. The van der Waals surface area contributed by atoms with Gasteiger partial charge < -0.3 is 25.2 Å². The molecule has 0 fully saturated rings. The number of aliphatic hydroxyl groups excluding tert-OH is 1. The lowest BCUT2D eigenvalue weighted by Gasteiger charge is -2.13. The highest BCUT2D eigenvalue weighted by Gasteiger charge is 2.06. The lowest BCUT2D eigenvalue weighted by atomic mass is 10.1. The Bertz CT molecular complexity index is 781. The molecule has 0 atom stereocenters. The topological polar surface area (TPSA) is 75.1 Å². The SMILES string of the molecule is CCNC(=NCc1ccc(F)c(CO)c1)NCc1ccc(OC)c(OC)c1. The summed E-state index contributed by atoms with van der Waals surface area (Å²) in [6, 6.07) is 10.3. The molecule has 0 heterocycles. The second kappa shape index (κ2) is 10.4. The summed E-state index contributed by atoms with van der Waals surface area (Å²) in [5, 5.41) is 15.6. The second-order valence-electron chi connectivity index (χ2n) is 5.82. The van der Waals surface area contributed by atoms with Gasteiger partial charge in [0, 0.05) is 18.7 Å². The van der Waals surface area contributed by atoms with E-state index in [9.17, 15) is 9.50 Å². The summed E-state index contributed by atoms with van der Waals surface area (Å²) in [7, 11) is 3.20. The third kappa shape index (κ3) is 5.86. The number of hydrogen-bond donors (Lipinski definition) is 3. The molecule has 0 bridgehead atoms. The smallest absolute Gasteiger partial charge is 0.191 e. The Labute approximate surface area is 159 Å². The van der Waals surface area contributed by atoms with Crippen molar-refractivity contribution >= 4 is 5.96 Å². The molecule has 0 saturated heterocycles. The third-order valence-electron chi connectivity index (χ3n) is 3.95. The van der Waals surface area contributed by atoms with Gasteiger partial charge in [-0.25, -0.2) is 9.38 Å². The Morgan fingerprint density at radius 2 is 1.78 bits per heavy atom. The van der Waals surface area contributed by atoms with Gasteiger partial charge in [0.25, 0.3) is 0 Å². The minimum Gasteiger partial charge on any atom is -0.493 e. The number of aliphatic hydroxyl groups is 1. The lowest BCUT2D eigenvalue weighted by molar-refractivity contribution is 0.275. The molecule has 0 aliphatic heterocycles. The molecule has 2 aromatic rings. The predicted octanol–water partition coefficient (Wildman–Crippen LogP) is 2.59. The van der Waals surface area contributed by atoms with Crippen molar-refractivity contribution in [2.45, 2.75) is 26.6 Å². The molecule has 7 heteroatoms. The zero-order chi connectivity index (χ0) is 19.6. The first-order chi connectivity index (χ1) is 13.1. The molecule has 0 unspecified atom stereocenters. The summed E-state index contributed by atoms with van der Waals surface area (Å²) in [6.07, 6.45) is 0. The van der Waals surface area contributed by atoms with Gasteiger partial charge in [-0.05, 0) is 42.3 Å². The van der Waals surface area contributed by atoms with E-state index in [2.05, 4.69) is 15.6 Å². The van der Waals surface area contributed by atoms with Crippen LogP contribution in [0, 0.1) is 5.82 Å². The highest BCUT2D eigenvalue weighted by molar-refractivity contribution is 5.79. The van der Waals surface area contributed by atoms with Gasteiger partial charge in [-0.3, -0.25) is 0 Å². The maximum absolute atomic E-state index is 13.5. The Balaban J connectivity index is 2.05. The molecule has 2 rings (SSSR count). The molecular formula is C20H26FN3O3. The summed E-state index contributed by atoms with van der Waals surface area (Å²) in [4.78, 5) is 4.51. The molecule has 3 N–H and O–H groups in total. The summed E-state index contributed by atoms with van der Waals surface area (Å²) in [5.41, 5.74) is 2.11. The van der Waals surface area contributed by atoms with Crippen LogP contribution in [-0.2, 0) is 19.7 Å². The van der Waals surface area contributed by atoms with Gasteiger partial charge in [0.05, 0.1) is 27.4 Å². The van der Waals surface area contributed by atoms with Crippen molar-refractivity contribution in [1.29, 1.82) is 0 Å². The average molecular weight is 375 g/mol. The van der Waals surface area contributed by atoms with E-state index in [4.69, 9.17) is 9.47 Å². The quantitative estimate of drug-likeness (QED) is 0.488. The van der Waals surface area contributed by atoms with E-state index in [0.29, 0.717) is 37.1 Å². The number of guanidine groups is 1. The molecule has 0 aromatic heterocycles. The minimum absolute atomic E-state index is 0.269. The molecule has 0 radical (unpaired) electrons. The number of methoxy groups -OCH3 is 2. The second-order valence-corrected chi connectivity index (χ2v) is 5.82. The fourth-order valence-corrected chi connectivity index (χ4v) is 2.54. The van der Waals surface area contributed by atoms with Crippen LogP contribution in [0.1, 0.15) is 23.6 Å². The average Bonchev–Trinajstić information content (AvgIpc) is 2.70. The normalized spacial score (nSPS) is 11.2. The van der Waals surface area contributed by atoms with E-state index in [1.165, 1.54) is 6.07 Å². The van der Waals surface area contributed by atoms with Gasteiger partial charge in [0.15, 0.2) is 17.5 Å². The van der Waals surface area contributed by atoms with E-state index < -0.39 is 5.82 Å². The van der Waals surface area contributed by atoms with Crippen LogP contribution >= 0.6 is 0 Å². The molecule has 0 amide bonds. The zero-order valence-corrected chi connectivity index (χ0v) is 15.9. The van der Waals surface area contributed by atoms with E-state index in [1.54, 1.807) is 26.4 Å². The molecule has 146 valence electrons. The van der Waals surface area contributed by atoms with Crippen LogP contribution in [0.15, 0.2) is 41.4 Å². The maximum atomic E-state index is 13.5. The van der Waals surface area contributed by atoms with Crippen LogP contribution in [0.4, 0.5) is 4.39 Å². The summed E-state index contributed by atoms with van der Waals surface area (Å²) >= 11 is 0. The largest absolute Gasteiger partial charge is 0.493 e. The molecule has 0 aliphatic carbocycles. The van der Waals surface area contributed by atoms with Gasteiger partial charge in [-0.2, -0.15) is 0 Å². The molecule has 0 saturated carbocycles. The van der Waals surface area contributed by atoms with E-state index >= 15 is 0 Å². The molecule has 27 heavy (non-hydrogen) atoms. The van der Waals surface area contributed by atoms with Crippen molar-refractivity contribution in [3.05, 3.63) is 58.9 Å². The highest BCUT2D eigenvalue weighted by atomic mass is 19.1. The Morgan fingerprint density at radius 3 is 2.44 bits per heavy atom. The van der Waals surface area contributed by atoms with Crippen LogP contribution in [0.5, 0.6) is 11.5 Å². The first kappa shape index (κ1) is 20.5. The van der Waals surface area contributed by atoms with E-state index in [-0.39, 0.29) is 12.2 Å². The molecule has 0 spiro atoms. The van der Waals surface area contributed by atoms with Gasteiger partial charge in [-0.15, -0.1) is 0 Å². The van der Waals surface area contributed by atoms with Gasteiger partial charge in [0.1, 0.15) is 5.82 Å². The first-order valence-electron chi connectivity index (χ1n) is 8.72. The molecule has 2 aromatic carbocycles. The van der Waals surface area contributed by atoms with Crippen molar-refractivity contribution in [3.8, 4) is 11.5 Å². The summed E-state index contributed by atoms with van der Waals surface area (Å²) in [6.45, 7) is 3.28. The fraction of sp³-hybridized carbons (Fsp3) is 0.350. The number of rotatable bonds is 8. The number of benzene rings is 2. The van der Waals surface area contributed by atoms with Crippen molar-refractivity contribution in [2.75, 3.05) is 20.8 Å². The van der Waals surface area contributed by atoms with Crippen LogP contribution in [-0.4, -0.2) is 31.8 Å². The van der Waals surface area contributed by atoms with Crippen molar-refractivity contribution in [2.24, 2.45) is 4.99 Å². The number of ether oxygens (including phenoxy) is 2. The standard InChI is InChI=1S/C20H26FN3O3/c1-4-22-20(23-11-14-5-7-17(21)16(9-14)13-25)24-12-15-6-8-18(26-2)19(10-15)27-3/h5-10,25H,4,11-13H2,1-3H3,(H2,22,23,24). The van der Waals surface area contributed by atoms with Crippen LogP contribution in [0.3, 0.4) is 0 Å². The highest BCUT2D eigenvalue weighted by Crippen LogP contribution is 2.27. The van der Waals surface area contributed by atoms with Crippen LogP contribution in [0.2, 0.25) is 0 Å². The number of halogens is 1. The monoisotopic (exact) mass is 375 g/mol. The lowest BCUT2D eigenvalue weighted by Crippen LogP contribution is -2.36. The Kier molecular flexibility index (Phi) is 7.88. The van der Waals surface area contributed by atoms with Crippen LogP contribution in [0.25, 0.3) is 0 Å². The number of aliphatic imine (C=N–C) groups is 1. The van der Waals surface area contributed by atoms with Gasteiger partial charge in [-0.1, -0.05) is 12.1 Å². The summed E-state index contributed by atoms with van der Waals surface area (Å²) < 4.78 is 24.0. The molecule has 6 nitrogen and oxygen atoms in total. The summed E-state index contributed by atoms with van der Waals surface area (Å²) in [5.74, 6) is 1.57. The van der Waals surface area contributed by atoms with Crippen molar-refractivity contribution < 1.29 is 19.0 Å². The predicted molar refractivity (Wildman–Crippen MR) is 104 cm³/mol. The van der Waals surface area contributed by atoms with Gasteiger partial charge in [0.2, 0.25) is 0 Å². The van der Waals surface area contributed by atoms with E-state index in [0.717, 1.165) is 11.1 Å². The Hall–Kier alpha value is -2.80. The Morgan fingerprint density at radius 1 is 1.04 bits per heavy atom.